The van der Waals surface area contributed by atoms with Crippen molar-refractivity contribution in [1.82, 2.24) is 5.32 Å². The Balaban J connectivity index is 1.61. The smallest absolute Gasteiger partial charge is 0.313 e. The first-order chi connectivity index (χ1) is 12.7. The van der Waals surface area contributed by atoms with Crippen molar-refractivity contribution in [2.75, 3.05) is 18.7 Å². The number of rotatable bonds is 4. The van der Waals surface area contributed by atoms with E-state index in [1.165, 1.54) is 0 Å². The highest BCUT2D eigenvalue weighted by Crippen LogP contribution is 2.35. The number of carbonyl (C=O) groups is 2. The molecule has 1 aliphatic heterocycles. The Hall–Kier alpha value is -3.06. The van der Waals surface area contributed by atoms with Crippen molar-refractivity contribution in [3.63, 3.8) is 0 Å². The van der Waals surface area contributed by atoms with E-state index >= 15 is 0 Å². The molecule has 0 bridgehead atoms. The number of fused-ring (bicyclic) bond motifs is 1. The molecule has 0 aromatic heterocycles. The molecule has 3 rings (SSSR count). The lowest BCUT2D eigenvalue weighted by molar-refractivity contribution is -0.136. The van der Waals surface area contributed by atoms with Crippen LogP contribution in [0.2, 0.25) is 0 Å². The van der Waals surface area contributed by atoms with Crippen LogP contribution in [-0.4, -0.2) is 30.3 Å². The summed E-state index contributed by atoms with van der Waals surface area (Å²) in [4.78, 5) is 24.2. The molecule has 2 aromatic carbocycles. The molecule has 0 aliphatic carbocycles. The van der Waals surface area contributed by atoms with Crippen molar-refractivity contribution in [2.45, 2.75) is 26.4 Å². The number of benzene rings is 2. The van der Waals surface area contributed by atoms with E-state index < -0.39 is 17.4 Å². The molecule has 0 radical (unpaired) electrons. The molecule has 7 heteroatoms. The summed E-state index contributed by atoms with van der Waals surface area (Å²) in [5.74, 6) is -0.477. The summed E-state index contributed by atoms with van der Waals surface area (Å²) in [6, 6.07) is 10.6. The van der Waals surface area contributed by atoms with E-state index in [9.17, 15) is 14.7 Å². The van der Waals surface area contributed by atoms with E-state index in [0.29, 0.717) is 22.7 Å². The number of carbonyl (C=O) groups excluding carboxylic acids is 2. The third kappa shape index (κ3) is 4.38. The van der Waals surface area contributed by atoms with Crippen LogP contribution in [0.3, 0.4) is 0 Å². The maximum Gasteiger partial charge on any atom is 0.313 e. The first-order valence-electron chi connectivity index (χ1n) is 8.54. The molecular weight excluding hydrogens is 348 g/mol. The van der Waals surface area contributed by atoms with Crippen LogP contribution in [0.25, 0.3) is 0 Å². The number of hydrogen-bond donors (Lipinski definition) is 3. The second-order valence-corrected chi connectivity index (χ2v) is 6.86. The Morgan fingerprint density at radius 2 is 1.70 bits per heavy atom. The summed E-state index contributed by atoms with van der Waals surface area (Å²) >= 11 is 0. The zero-order valence-electron chi connectivity index (χ0n) is 15.5. The third-order valence-corrected chi connectivity index (χ3v) is 4.27. The number of amides is 2. The number of hydrogen-bond acceptors (Lipinski definition) is 5. The van der Waals surface area contributed by atoms with Crippen molar-refractivity contribution in [2.24, 2.45) is 0 Å². The van der Waals surface area contributed by atoms with Gasteiger partial charge in [0, 0.05) is 5.69 Å². The van der Waals surface area contributed by atoms with Crippen LogP contribution < -0.4 is 20.1 Å². The molecule has 27 heavy (non-hydrogen) atoms. The fourth-order valence-electron chi connectivity index (χ4n) is 2.90. The predicted molar refractivity (Wildman–Crippen MR) is 99.7 cm³/mol. The molecular formula is C20H22N2O5. The zero-order chi connectivity index (χ0) is 19.6. The topological polar surface area (TPSA) is 96.9 Å². The molecule has 142 valence electrons. The molecule has 0 fully saturated rings. The molecule has 0 spiro atoms. The average molecular weight is 370 g/mol. The van der Waals surface area contributed by atoms with Gasteiger partial charge in [-0.1, -0.05) is 12.1 Å². The molecule has 1 aliphatic rings. The van der Waals surface area contributed by atoms with E-state index in [1.807, 2.05) is 19.9 Å². The number of anilines is 1. The average Bonchev–Trinajstić information content (AvgIpc) is 3.06. The van der Waals surface area contributed by atoms with Crippen LogP contribution in [0.5, 0.6) is 11.5 Å². The zero-order valence-corrected chi connectivity index (χ0v) is 15.5. The molecule has 1 atom stereocenters. The van der Waals surface area contributed by atoms with Gasteiger partial charge in [0.25, 0.3) is 0 Å². The number of nitrogens with one attached hydrogen (secondary N) is 2. The van der Waals surface area contributed by atoms with Crippen LogP contribution >= 0.6 is 0 Å². The fourth-order valence-corrected chi connectivity index (χ4v) is 2.90. The monoisotopic (exact) mass is 370 g/mol. The van der Waals surface area contributed by atoms with Gasteiger partial charge in [-0.05, 0) is 61.7 Å². The van der Waals surface area contributed by atoms with Gasteiger partial charge < -0.3 is 25.2 Å². The number of ether oxygens (including phenoxy) is 2. The van der Waals surface area contributed by atoms with Crippen molar-refractivity contribution >= 4 is 17.5 Å². The largest absolute Gasteiger partial charge is 0.454 e. The molecule has 0 saturated heterocycles. The Morgan fingerprint density at radius 1 is 1.04 bits per heavy atom. The highest BCUT2D eigenvalue weighted by atomic mass is 16.7. The first-order valence-corrected chi connectivity index (χ1v) is 8.54. The normalized spacial score (nSPS) is 14.4. The third-order valence-electron chi connectivity index (χ3n) is 4.27. The minimum absolute atomic E-state index is 0.133. The molecule has 2 amide bonds. The lowest BCUT2D eigenvalue weighted by atomic mass is 9.95. The number of aliphatic hydroxyl groups is 1. The van der Waals surface area contributed by atoms with Crippen LogP contribution in [-0.2, 0) is 15.2 Å². The summed E-state index contributed by atoms with van der Waals surface area (Å²) in [5.41, 5.74) is 1.68. The molecule has 2 aromatic rings. The van der Waals surface area contributed by atoms with Gasteiger partial charge >= 0.3 is 11.8 Å². The molecule has 1 heterocycles. The Bertz CT molecular complexity index is 872. The summed E-state index contributed by atoms with van der Waals surface area (Å²) in [6.45, 7) is 5.37. The van der Waals surface area contributed by atoms with Gasteiger partial charge in [0.1, 0.15) is 5.60 Å². The van der Waals surface area contributed by atoms with E-state index in [1.54, 1.807) is 37.3 Å². The van der Waals surface area contributed by atoms with E-state index in [2.05, 4.69) is 10.6 Å². The first kappa shape index (κ1) is 18.7. The van der Waals surface area contributed by atoms with Gasteiger partial charge in [-0.3, -0.25) is 9.59 Å². The van der Waals surface area contributed by atoms with Crippen LogP contribution in [0.15, 0.2) is 36.4 Å². The Morgan fingerprint density at radius 3 is 2.41 bits per heavy atom. The van der Waals surface area contributed by atoms with Crippen molar-refractivity contribution in [3.05, 3.63) is 53.1 Å². The van der Waals surface area contributed by atoms with Gasteiger partial charge in [0.05, 0.1) is 6.54 Å². The fraction of sp³-hybridized carbons (Fsp3) is 0.300. The summed E-state index contributed by atoms with van der Waals surface area (Å²) in [6.07, 6.45) is 0. The standard InChI is InChI=1S/C20H22N2O5/c1-12-6-13(2)8-15(7-12)22-19(24)18(23)21-10-20(3,25)14-4-5-16-17(9-14)27-11-26-16/h4-9,25H,10-11H2,1-3H3,(H,21,23)(H,22,24). The molecule has 1 unspecified atom stereocenters. The Kier molecular flexibility index (Phi) is 5.05. The van der Waals surface area contributed by atoms with Crippen LogP contribution in [0.1, 0.15) is 23.6 Å². The van der Waals surface area contributed by atoms with Crippen LogP contribution in [0, 0.1) is 13.8 Å². The number of aryl methyl sites for hydroxylation is 2. The van der Waals surface area contributed by atoms with Crippen molar-refractivity contribution in [3.8, 4) is 11.5 Å². The highest BCUT2D eigenvalue weighted by molar-refractivity contribution is 6.39. The van der Waals surface area contributed by atoms with Gasteiger partial charge in [-0.15, -0.1) is 0 Å². The van der Waals surface area contributed by atoms with Crippen LogP contribution in [0.4, 0.5) is 5.69 Å². The SMILES string of the molecule is Cc1cc(C)cc(NC(=O)C(=O)NCC(C)(O)c2ccc3c(c2)OCO3)c1. The van der Waals surface area contributed by atoms with Crippen molar-refractivity contribution in [1.29, 1.82) is 0 Å². The molecule has 3 N–H and O–H groups in total. The molecule has 7 nitrogen and oxygen atoms in total. The Labute approximate surface area is 157 Å². The summed E-state index contributed by atoms with van der Waals surface area (Å²) < 4.78 is 10.5. The van der Waals surface area contributed by atoms with Gasteiger partial charge in [0.2, 0.25) is 6.79 Å². The minimum Gasteiger partial charge on any atom is -0.454 e. The van der Waals surface area contributed by atoms with E-state index in [-0.39, 0.29) is 13.3 Å². The van der Waals surface area contributed by atoms with Gasteiger partial charge in [-0.25, -0.2) is 0 Å². The predicted octanol–water partition coefficient (Wildman–Crippen LogP) is 1.99. The molecule has 0 saturated carbocycles. The lowest BCUT2D eigenvalue weighted by Gasteiger charge is -2.24. The van der Waals surface area contributed by atoms with Gasteiger partial charge in [0.15, 0.2) is 11.5 Å². The van der Waals surface area contributed by atoms with Gasteiger partial charge in [-0.2, -0.15) is 0 Å². The summed E-state index contributed by atoms with van der Waals surface area (Å²) in [7, 11) is 0. The lowest BCUT2D eigenvalue weighted by Crippen LogP contribution is -2.43. The maximum absolute atomic E-state index is 12.1. The second kappa shape index (κ2) is 7.28. The van der Waals surface area contributed by atoms with Crippen molar-refractivity contribution < 1.29 is 24.2 Å². The highest BCUT2D eigenvalue weighted by Gasteiger charge is 2.27. The minimum atomic E-state index is -1.38. The maximum atomic E-state index is 12.1. The summed E-state index contributed by atoms with van der Waals surface area (Å²) in [5, 5.41) is 15.7. The van der Waals surface area contributed by atoms with E-state index in [4.69, 9.17) is 9.47 Å². The second-order valence-electron chi connectivity index (χ2n) is 6.86. The van der Waals surface area contributed by atoms with E-state index in [0.717, 1.165) is 11.1 Å². The quantitative estimate of drug-likeness (QED) is 0.715.